The van der Waals surface area contributed by atoms with E-state index in [0.29, 0.717) is 0 Å². The van der Waals surface area contributed by atoms with Gasteiger partial charge in [0.25, 0.3) is 0 Å². The van der Waals surface area contributed by atoms with Gasteiger partial charge in [0.2, 0.25) is 0 Å². The Morgan fingerprint density at radius 2 is 1.70 bits per heavy atom. The van der Waals surface area contributed by atoms with E-state index in [-0.39, 0.29) is 11.7 Å². The van der Waals surface area contributed by atoms with E-state index in [1.165, 1.54) is 15.4 Å². The number of carbonyl (C=O) groups is 1. The molecule has 23 heavy (non-hydrogen) atoms. The van der Waals surface area contributed by atoms with Crippen molar-refractivity contribution >= 4 is 29.3 Å². The lowest BCUT2D eigenvalue weighted by Gasteiger charge is -2.18. The zero-order valence-corrected chi connectivity index (χ0v) is 15.0. The number of aryl methyl sites for hydroxylation is 1. The Bertz CT molecular complexity index is 726. The molecule has 3 heteroatoms. The molecule has 2 aromatic rings. The van der Waals surface area contributed by atoms with Gasteiger partial charge in [0.15, 0.2) is 5.78 Å². The van der Waals surface area contributed by atoms with Crippen LogP contribution in [0.2, 0.25) is 0 Å². The molecule has 0 saturated carbocycles. The molecule has 0 aromatic heterocycles. The zero-order valence-electron chi connectivity index (χ0n) is 13.4. The Balaban J connectivity index is 2.03. The zero-order chi connectivity index (χ0) is 16.2. The summed E-state index contributed by atoms with van der Waals surface area (Å²) < 4.78 is 1.20. The molecule has 1 nitrogen and oxygen atoms in total. The molecule has 1 heterocycles. The Morgan fingerprint density at radius 1 is 1.00 bits per heavy atom. The van der Waals surface area contributed by atoms with Crippen molar-refractivity contribution in [3.8, 4) is 0 Å². The van der Waals surface area contributed by atoms with Gasteiger partial charge in [-0.2, -0.15) is 0 Å². The summed E-state index contributed by atoms with van der Waals surface area (Å²) in [4.78, 5) is 13.1. The van der Waals surface area contributed by atoms with Crippen LogP contribution in [-0.2, 0) is 0 Å². The standard InChI is InChI=1S/C20H20OS2/c1-14-7-6-10-17(13-14)15(2)18(20-22-11-12-23-20)19(21)16-8-4-3-5-9-16/h3-10,13,15H,11-12H2,1-2H3. The number of rotatable bonds is 4. The fourth-order valence-corrected chi connectivity index (χ4v) is 5.50. The number of allylic oxidation sites excluding steroid dienone is 1. The smallest absolute Gasteiger partial charge is 0.191 e. The lowest BCUT2D eigenvalue weighted by Crippen LogP contribution is -2.11. The van der Waals surface area contributed by atoms with Crippen LogP contribution in [-0.4, -0.2) is 17.3 Å². The molecule has 2 aromatic carbocycles. The number of carbonyl (C=O) groups excluding carboxylic acids is 1. The van der Waals surface area contributed by atoms with Crippen LogP contribution in [0.3, 0.4) is 0 Å². The second-order valence-corrected chi connectivity index (χ2v) is 8.20. The molecule has 1 aliphatic heterocycles. The maximum absolute atomic E-state index is 13.1. The first-order valence-electron chi connectivity index (χ1n) is 7.83. The molecule has 0 bridgehead atoms. The van der Waals surface area contributed by atoms with Crippen molar-refractivity contribution in [1.29, 1.82) is 0 Å². The van der Waals surface area contributed by atoms with Gasteiger partial charge in [0.1, 0.15) is 0 Å². The highest BCUT2D eigenvalue weighted by atomic mass is 32.2. The van der Waals surface area contributed by atoms with Gasteiger partial charge in [-0.15, -0.1) is 23.5 Å². The van der Waals surface area contributed by atoms with Crippen molar-refractivity contribution in [2.75, 3.05) is 11.5 Å². The quantitative estimate of drug-likeness (QED) is 0.527. The summed E-state index contributed by atoms with van der Waals surface area (Å²) in [6.07, 6.45) is 0. The monoisotopic (exact) mass is 340 g/mol. The first-order valence-corrected chi connectivity index (χ1v) is 9.80. The van der Waals surface area contributed by atoms with Gasteiger partial charge >= 0.3 is 0 Å². The normalized spacial score (nSPS) is 15.5. The fourth-order valence-electron chi connectivity index (χ4n) is 2.78. The van der Waals surface area contributed by atoms with Gasteiger partial charge in [-0.3, -0.25) is 4.79 Å². The van der Waals surface area contributed by atoms with Crippen molar-refractivity contribution in [2.24, 2.45) is 0 Å². The molecule has 0 radical (unpaired) electrons. The Kier molecular flexibility index (Phi) is 5.29. The summed E-state index contributed by atoms with van der Waals surface area (Å²) in [7, 11) is 0. The molecule has 3 rings (SSSR count). The average molecular weight is 341 g/mol. The molecule has 1 fully saturated rings. The highest BCUT2D eigenvalue weighted by molar-refractivity contribution is 8.25. The van der Waals surface area contributed by atoms with Gasteiger partial charge in [-0.25, -0.2) is 0 Å². The summed E-state index contributed by atoms with van der Waals surface area (Å²) in [6, 6.07) is 18.1. The minimum Gasteiger partial charge on any atom is -0.289 e. The van der Waals surface area contributed by atoms with Crippen LogP contribution in [0, 0.1) is 6.92 Å². The number of thioether (sulfide) groups is 2. The lowest BCUT2D eigenvalue weighted by atomic mass is 9.88. The van der Waals surface area contributed by atoms with Crippen LogP contribution in [0.1, 0.15) is 34.3 Å². The number of hydrogen-bond acceptors (Lipinski definition) is 3. The van der Waals surface area contributed by atoms with E-state index in [1.54, 1.807) is 0 Å². The first-order chi connectivity index (χ1) is 11.2. The van der Waals surface area contributed by atoms with E-state index in [1.807, 2.05) is 53.9 Å². The Hall–Kier alpha value is -1.45. The van der Waals surface area contributed by atoms with E-state index in [9.17, 15) is 4.79 Å². The summed E-state index contributed by atoms with van der Waals surface area (Å²) in [6.45, 7) is 4.25. The molecule has 1 aliphatic rings. The van der Waals surface area contributed by atoms with Crippen LogP contribution in [0.4, 0.5) is 0 Å². The van der Waals surface area contributed by atoms with Crippen LogP contribution < -0.4 is 0 Å². The first kappa shape index (κ1) is 16.4. The maximum Gasteiger partial charge on any atom is 0.191 e. The molecule has 0 N–H and O–H groups in total. The number of ketones is 1. The van der Waals surface area contributed by atoms with E-state index in [4.69, 9.17) is 0 Å². The second-order valence-electron chi connectivity index (χ2n) is 5.73. The van der Waals surface area contributed by atoms with Crippen molar-refractivity contribution in [3.63, 3.8) is 0 Å². The SMILES string of the molecule is Cc1cccc(C(C)C(C(=O)c2ccccc2)=C2SCCS2)c1. The molecular weight excluding hydrogens is 320 g/mol. The highest BCUT2D eigenvalue weighted by Crippen LogP contribution is 2.43. The Morgan fingerprint density at radius 3 is 2.35 bits per heavy atom. The van der Waals surface area contributed by atoms with E-state index >= 15 is 0 Å². The van der Waals surface area contributed by atoms with Gasteiger partial charge in [-0.05, 0) is 12.5 Å². The maximum atomic E-state index is 13.1. The van der Waals surface area contributed by atoms with Crippen molar-refractivity contribution < 1.29 is 4.79 Å². The summed E-state index contributed by atoms with van der Waals surface area (Å²) >= 11 is 3.64. The van der Waals surface area contributed by atoms with Crippen molar-refractivity contribution in [2.45, 2.75) is 19.8 Å². The van der Waals surface area contributed by atoms with E-state index < -0.39 is 0 Å². The molecule has 1 saturated heterocycles. The van der Waals surface area contributed by atoms with Gasteiger partial charge < -0.3 is 0 Å². The van der Waals surface area contributed by atoms with Gasteiger partial charge in [0, 0.05) is 32.8 Å². The van der Waals surface area contributed by atoms with E-state index in [2.05, 4.69) is 38.1 Å². The van der Waals surface area contributed by atoms with Gasteiger partial charge in [-0.1, -0.05) is 67.1 Å². The minimum absolute atomic E-state index is 0.107. The molecule has 118 valence electrons. The topological polar surface area (TPSA) is 17.1 Å². The van der Waals surface area contributed by atoms with Gasteiger partial charge in [0.05, 0.1) is 0 Å². The largest absolute Gasteiger partial charge is 0.289 e. The van der Waals surface area contributed by atoms with Crippen LogP contribution in [0.15, 0.2) is 64.4 Å². The summed E-state index contributed by atoms with van der Waals surface area (Å²) in [5.74, 6) is 2.45. The number of hydrogen-bond donors (Lipinski definition) is 0. The molecule has 1 unspecified atom stereocenters. The molecular formula is C20H20OS2. The lowest BCUT2D eigenvalue weighted by molar-refractivity contribution is 0.102. The predicted molar refractivity (Wildman–Crippen MR) is 102 cm³/mol. The highest BCUT2D eigenvalue weighted by Gasteiger charge is 2.26. The minimum atomic E-state index is 0.107. The van der Waals surface area contributed by atoms with Crippen LogP contribution >= 0.6 is 23.5 Å². The molecule has 1 atom stereocenters. The second kappa shape index (κ2) is 7.41. The predicted octanol–water partition coefficient (Wildman–Crippen LogP) is 5.67. The third-order valence-electron chi connectivity index (χ3n) is 4.03. The number of benzene rings is 2. The average Bonchev–Trinajstić information content (AvgIpc) is 3.10. The van der Waals surface area contributed by atoms with Crippen molar-refractivity contribution in [3.05, 3.63) is 81.1 Å². The number of Topliss-reactive ketones (excluding diaryl/α,β-unsaturated/α-hetero) is 1. The molecule has 0 amide bonds. The third-order valence-corrected chi connectivity index (χ3v) is 6.77. The van der Waals surface area contributed by atoms with Crippen molar-refractivity contribution in [1.82, 2.24) is 0 Å². The van der Waals surface area contributed by atoms with E-state index in [0.717, 1.165) is 22.6 Å². The third kappa shape index (κ3) is 3.73. The van der Waals surface area contributed by atoms with Crippen LogP contribution in [0.25, 0.3) is 0 Å². The summed E-state index contributed by atoms with van der Waals surface area (Å²) in [5.41, 5.74) is 4.18. The Labute approximate surface area is 146 Å². The van der Waals surface area contributed by atoms with Crippen LogP contribution in [0.5, 0.6) is 0 Å². The summed E-state index contributed by atoms with van der Waals surface area (Å²) in [5, 5.41) is 0. The fraction of sp³-hybridized carbons (Fsp3) is 0.250. The molecule has 0 aliphatic carbocycles. The molecule has 0 spiro atoms.